The smallest absolute Gasteiger partial charge is 0.225 e. The van der Waals surface area contributed by atoms with Gasteiger partial charge in [-0.25, -0.2) is 4.39 Å². The van der Waals surface area contributed by atoms with E-state index < -0.39 is 0 Å². The lowest BCUT2D eigenvalue weighted by Crippen LogP contribution is -2.39. The highest BCUT2D eigenvalue weighted by atomic mass is 19.1. The second kappa shape index (κ2) is 10.4. The van der Waals surface area contributed by atoms with Crippen LogP contribution in [0.3, 0.4) is 0 Å². The molecule has 1 saturated heterocycles. The number of benzene rings is 2. The number of hydrogen-bond donors (Lipinski definition) is 0. The Hall–Kier alpha value is -2.40. The fourth-order valence-electron chi connectivity index (χ4n) is 3.57. The lowest BCUT2D eigenvalue weighted by Gasteiger charge is -2.27. The van der Waals surface area contributed by atoms with Crippen LogP contribution in [0, 0.1) is 11.7 Å². The standard InChI is InChI=1S/C24H30FNO3/c1-18(2)24(27)26(17-22-10-6-13-28-22)16-19-7-5-9-21(15-19)29-14-12-20-8-3-4-11-23(20)25/h3-5,7-9,11,15,18,22H,6,10,12-14,16-17H2,1-2H3/t22-/m0/s1. The van der Waals surface area contributed by atoms with Crippen LogP contribution in [0.5, 0.6) is 5.75 Å². The van der Waals surface area contributed by atoms with Crippen molar-refractivity contribution in [1.29, 1.82) is 0 Å². The molecule has 0 radical (unpaired) electrons. The predicted octanol–water partition coefficient (Wildman–Crippen LogP) is 4.61. The number of hydrogen-bond acceptors (Lipinski definition) is 3. The van der Waals surface area contributed by atoms with E-state index in [-0.39, 0.29) is 23.7 Å². The molecule has 2 aromatic rings. The Labute approximate surface area is 172 Å². The zero-order chi connectivity index (χ0) is 20.6. The normalized spacial score (nSPS) is 16.2. The minimum atomic E-state index is -0.207. The third-order valence-electron chi connectivity index (χ3n) is 5.12. The zero-order valence-corrected chi connectivity index (χ0v) is 17.3. The van der Waals surface area contributed by atoms with Crippen molar-refractivity contribution < 1.29 is 18.7 Å². The lowest BCUT2D eigenvalue weighted by atomic mass is 10.1. The van der Waals surface area contributed by atoms with E-state index in [1.54, 1.807) is 12.1 Å². The number of carbonyl (C=O) groups excluding carboxylic acids is 1. The minimum Gasteiger partial charge on any atom is -0.493 e. The molecule has 0 bridgehead atoms. The van der Waals surface area contributed by atoms with E-state index in [1.807, 2.05) is 49.1 Å². The van der Waals surface area contributed by atoms with Crippen molar-refractivity contribution in [2.45, 2.75) is 45.8 Å². The fraction of sp³-hybridized carbons (Fsp3) is 0.458. The van der Waals surface area contributed by atoms with Crippen LogP contribution in [0.4, 0.5) is 4.39 Å². The average Bonchev–Trinajstić information content (AvgIpc) is 3.22. The lowest BCUT2D eigenvalue weighted by molar-refractivity contribution is -0.136. The predicted molar refractivity (Wildman–Crippen MR) is 111 cm³/mol. The minimum absolute atomic E-state index is 0.0587. The number of halogens is 1. The Kier molecular flexibility index (Phi) is 7.64. The van der Waals surface area contributed by atoms with Crippen LogP contribution in [0.1, 0.15) is 37.8 Å². The molecule has 1 aliphatic heterocycles. The molecular weight excluding hydrogens is 369 g/mol. The fourth-order valence-corrected chi connectivity index (χ4v) is 3.57. The van der Waals surface area contributed by atoms with Crippen LogP contribution in [-0.2, 0) is 22.5 Å². The summed E-state index contributed by atoms with van der Waals surface area (Å²) in [5, 5.41) is 0. The van der Waals surface area contributed by atoms with Crippen molar-refractivity contribution in [2.24, 2.45) is 5.92 Å². The highest BCUT2D eigenvalue weighted by Gasteiger charge is 2.24. The maximum absolute atomic E-state index is 13.7. The Morgan fingerprint density at radius 1 is 1.24 bits per heavy atom. The first-order chi connectivity index (χ1) is 14.0. The molecule has 4 nitrogen and oxygen atoms in total. The number of ether oxygens (including phenoxy) is 2. The molecule has 0 spiro atoms. The van der Waals surface area contributed by atoms with Crippen molar-refractivity contribution in [3.8, 4) is 5.75 Å². The first-order valence-corrected chi connectivity index (χ1v) is 10.4. The molecule has 1 fully saturated rings. The summed E-state index contributed by atoms with van der Waals surface area (Å²) in [6.45, 7) is 6.17. The van der Waals surface area contributed by atoms with Gasteiger partial charge in [-0.1, -0.05) is 44.2 Å². The van der Waals surface area contributed by atoms with E-state index in [9.17, 15) is 9.18 Å². The van der Waals surface area contributed by atoms with Gasteiger partial charge in [0, 0.05) is 32.0 Å². The number of carbonyl (C=O) groups is 1. The van der Waals surface area contributed by atoms with Crippen LogP contribution in [-0.4, -0.2) is 36.7 Å². The zero-order valence-electron chi connectivity index (χ0n) is 17.3. The summed E-state index contributed by atoms with van der Waals surface area (Å²) in [7, 11) is 0. The molecule has 156 valence electrons. The Bertz CT molecular complexity index is 802. The van der Waals surface area contributed by atoms with Gasteiger partial charge in [0.15, 0.2) is 0 Å². The molecule has 1 atom stereocenters. The van der Waals surface area contributed by atoms with Gasteiger partial charge >= 0.3 is 0 Å². The van der Waals surface area contributed by atoms with Gasteiger partial charge in [-0.2, -0.15) is 0 Å². The Morgan fingerprint density at radius 3 is 2.79 bits per heavy atom. The molecule has 2 aromatic carbocycles. The van der Waals surface area contributed by atoms with Gasteiger partial charge < -0.3 is 14.4 Å². The van der Waals surface area contributed by atoms with E-state index in [0.29, 0.717) is 31.7 Å². The molecule has 1 heterocycles. The maximum Gasteiger partial charge on any atom is 0.225 e. The first kappa shape index (κ1) is 21.3. The molecule has 1 aliphatic rings. The summed E-state index contributed by atoms with van der Waals surface area (Å²) in [6, 6.07) is 14.5. The van der Waals surface area contributed by atoms with E-state index in [2.05, 4.69) is 0 Å². The Morgan fingerprint density at radius 2 is 2.07 bits per heavy atom. The molecule has 0 aromatic heterocycles. The van der Waals surface area contributed by atoms with Crippen LogP contribution in [0.2, 0.25) is 0 Å². The van der Waals surface area contributed by atoms with E-state index in [1.165, 1.54) is 6.07 Å². The number of rotatable bonds is 9. The van der Waals surface area contributed by atoms with Crippen LogP contribution < -0.4 is 4.74 Å². The molecule has 29 heavy (non-hydrogen) atoms. The second-order valence-electron chi connectivity index (χ2n) is 7.85. The van der Waals surface area contributed by atoms with Crippen LogP contribution in [0.15, 0.2) is 48.5 Å². The third kappa shape index (κ3) is 6.29. The molecule has 0 unspecified atom stereocenters. The van der Waals surface area contributed by atoms with Crippen LogP contribution >= 0.6 is 0 Å². The number of amides is 1. The van der Waals surface area contributed by atoms with Crippen LogP contribution in [0.25, 0.3) is 0 Å². The summed E-state index contributed by atoms with van der Waals surface area (Å²) >= 11 is 0. The quantitative estimate of drug-likeness (QED) is 0.618. The summed E-state index contributed by atoms with van der Waals surface area (Å²) in [6.07, 6.45) is 2.69. The molecule has 5 heteroatoms. The van der Waals surface area contributed by atoms with E-state index >= 15 is 0 Å². The van der Waals surface area contributed by atoms with Gasteiger partial charge in [-0.05, 0) is 42.2 Å². The number of nitrogens with zero attached hydrogens (tertiary/aromatic N) is 1. The molecular formula is C24H30FNO3. The highest BCUT2D eigenvalue weighted by molar-refractivity contribution is 5.78. The maximum atomic E-state index is 13.7. The van der Waals surface area contributed by atoms with Gasteiger partial charge in [-0.3, -0.25) is 4.79 Å². The molecule has 1 amide bonds. The molecule has 0 aliphatic carbocycles. The van der Waals surface area contributed by atoms with E-state index in [4.69, 9.17) is 9.47 Å². The van der Waals surface area contributed by atoms with Crippen molar-refractivity contribution >= 4 is 5.91 Å². The third-order valence-corrected chi connectivity index (χ3v) is 5.12. The summed E-state index contributed by atoms with van der Waals surface area (Å²) in [5.74, 6) is 0.595. The monoisotopic (exact) mass is 399 g/mol. The van der Waals surface area contributed by atoms with Crippen molar-refractivity contribution in [3.05, 3.63) is 65.5 Å². The van der Waals surface area contributed by atoms with Crippen molar-refractivity contribution in [3.63, 3.8) is 0 Å². The van der Waals surface area contributed by atoms with Gasteiger partial charge in [-0.15, -0.1) is 0 Å². The first-order valence-electron chi connectivity index (χ1n) is 10.4. The van der Waals surface area contributed by atoms with E-state index in [0.717, 1.165) is 30.8 Å². The molecule has 0 saturated carbocycles. The Balaban J connectivity index is 1.60. The summed E-state index contributed by atoms with van der Waals surface area (Å²) in [4.78, 5) is 14.6. The van der Waals surface area contributed by atoms with Gasteiger partial charge in [0.2, 0.25) is 5.91 Å². The highest BCUT2D eigenvalue weighted by Crippen LogP contribution is 2.20. The van der Waals surface area contributed by atoms with Gasteiger partial charge in [0.1, 0.15) is 11.6 Å². The van der Waals surface area contributed by atoms with Crippen molar-refractivity contribution in [2.75, 3.05) is 19.8 Å². The largest absolute Gasteiger partial charge is 0.493 e. The summed E-state index contributed by atoms with van der Waals surface area (Å²) < 4.78 is 25.3. The second-order valence-corrected chi connectivity index (χ2v) is 7.85. The molecule has 0 N–H and O–H groups in total. The topological polar surface area (TPSA) is 38.8 Å². The van der Waals surface area contributed by atoms with Gasteiger partial charge in [0.25, 0.3) is 0 Å². The van der Waals surface area contributed by atoms with Crippen molar-refractivity contribution in [1.82, 2.24) is 4.90 Å². The molecule has 3 rings (SSSR count). The SMILES string of the molecule is CC(C)C(=O)N(Cc1cccc(OCCc2ccccc2F)c1)C[C@@H]1CCCO1. The summed E-state index contributed by atoms with van der Waals surface area (Å²) in [5.41, 5.74) is 1.66. The average molecular weight is 400 g/mol. The van der Waals surface area contributed by atoms with Gasteiger partial charge in [0.05, 0.1) is 12.7 Å².